The fourth-order valence-corrected chi connectivity index (χ4v) is 1.64. The van der Waals surface area contributed by atoms with E-state index in [0.717, 1.165) is 17.9 Å². The third-order valence-electron chi connectivity index (χ3n) is 2.57. The van der Waals surface area contributed by atoms with Gasteiger partial charge in [-0.3, -0.25) is 9.59 Å². The molecule has 98 valence electrons. The summed E-state index contributed by atoms with van der Waals surface area (Å²) in [6.45, 7) is 1.63. The highest BCUT2D eigenvalue weighted by Gasteiger charge is 2.26. The lowest BCUT2D eigenvalue weighted by Gasteiger charge is -2.22. The van der Waals surface area contributed by atoms with Crippen LogP contribution in [0.3, 0.4) is 0 Å². The molecule has 0 aromatic heterocycles. The third kappa shape index (κ3) is 4.26. The van der Waals surface area contributed by atoms with E-state index in [1.165, 1.54) is 11.9 Å². The van der Waals surface area contributed by atoms with Crippen LogP contribution in [0, 0.1) is 0 Å². The summed E-state index contributed by atoms with van der Waals surface area (Å²) < 4.78 is 24.2. The molecule has 1 saturated heterocycles. The van der Waals surface area contributed by atoms with Crippen LogP contribution in [0.2, 0.25) is 0 Å². The van der Waals surface area contributed by atoms with Crippen LogP contribution in [0.5, 0.6) is 0 Å². The smallest absolute Gasteiger partial charge is 0.312 e. The minimum absolute atomic E-state index is 0.438. The van der Waals surface area contributed by atoms with Gasteiger partial charge < -0.3 is 15.1 Å². The van der Waals surface area contributed by atoms with Crippen LogP contribution in [0.4, 0.5) is 8.78 Å². The molecule has 0 bridgehead atoms. The van der Waals surface area contributed by atoms with Crippen LogP contribution in [-0.4, -0.2) is 67.8 Å². The Balaban J connectivity index is 2.52. The minimum atomic E-state index is -2.62. The molecule has 17 heavy (non-hydrogen) atoms. The van der Waals surface area contributed by atoms with E-state index in [9.17, 15) is 18.4 Å². The molecule has 1 heterocycles. The number of hydrogen-bond acceptors (Lipinski definition) is 3. The van der Waals surface area contributed by atoms with E-state index < -0.39 is 24.8 Å². The molecule has 1 aliphatic heterocycles. The Kier molecular flexibility index (Phi) is 5.27. The average Bonchev–Trinajstić information content (AvgIpc) is 2.54. The summed E-state index contributed by atoms with van der Waals surface area (Å²) in [7, 11) is 1.21. The molecule has 1 rings (SSSR count). The van der Waals surface area contributed by atoms with Gasteiger partial charge >= 0.3 is 11.8 Å². The van der Waals surface area contributed by atoms with Crippen LogP contribution >= 0.6 is 0 Å². The van der Waals surface area contributed by atoms with E-state index in [1.807, 2.05) is 0 Å². The van der Waals surface area contributed by atoms with E-state index in [-0.39, 0.29) is 0 Å². The van der Waals surface area contributed by atoms with Crippen LogP contribution in [0.1, 0.15) is 6.42 Å². The van der Waals surface area contributed by atoms with Gasteiger partial charge in [-0.25, -0.2) is 8.78 Å². The van der Waals surface area contributed by atoms with Crippen molar-refractivity contribution in [3.8, 4) is 0 Å². The van der Waals surface area contributed by atoms with Crippen molar-refractivity contribution in [2.45, 2.75) is 12.8 Å². The van der Waals surface area contributed by atoms with Crippen molar-refractivity contribution in [3.63, 3.8) is 0 Å². The molecule has 0 aromatic rings. The normalized spacial score (nSPS) is 16.8. The van der Waals surface area contributed by atoms with Gasteiger partial charge in [0.25, 0.3) is 6.43 Å². The van der Waals surface area contributed by atoms with E-state index in [2.05, 4.69) is 5.32 Å². The van der Waals surface area contributed by atoms with Gasteiger partial charge in [0.05, 0.1) is 6.54 Å². The zero-order chi connectivity index (χ0) is 12.8. The lowest BCUT2D eigenvalue weighted by molar-refractivity contribution is -0.151. The number of hydrogen-bond donors (Lipinski definition) is 1. The van der Waals surface area contributed by atoms with Crippen molar-refractivity contribution in [2.24, 2.45) is 0 Å². The molecule has 0 spiro atoms. The topological polar surface area (TPSA) is 52.7 Å². The van der Waals surface area contributed by atoms with Gasteiger partial charge in [0.1, 0.15) is 0 Å². The molecular weight excluding hydrogens is 232 g/mol. The maximum atomic E-state index is 12.1. The van der Waals surface area contributed by atoms with Crippen molar-refractivity contribution < 1.29 is 18.4 Å². The number of carbonyl (C=O) groups is 2. The third-order valence-corrected chi connectivity index (χ3v) is 2.57. The zero-order valence-electron chi connectivity index (χ0n) is 9.79. The fraction of sp³-hybridized carbons (Fsp3) is 0.800. The molecule has 0 saturated carbocycles. The Bertz CT molecular complexity index is 279. The first kappa shape index (κ1) is 13.8. The highest BCUT2D eigenvalue weighted by molar-refractivity contribution is 6.34. The number of carbonyl (C=O) groups excluding carboxylic acids is 2. The van der Waals surface area contributed by atoms with Gasteiger partial charge in [-0.2, -0.15) is 0 Å². The minimum Gasteiger partial charge on any atom is -0.333 e. The predicted molar refractivity (Wildman–Crippen MR) is 57.7 cm³/mol. The monoisotopic (exact) mass is 249 g/mol. The fourth-order valence-electron chi connectivity index (χ4n) is 1.64. The lowest BCUT2D eigenvalue weighted by atomic mass is 10.3. The van der Waals surface area contributed by atoms with Crippen molar-refractivity contribution in [2.75, 3.05) is 39.8 Å². The summed E-state index contributed by atoms with van der Waals surface area (Å²) in [5, 5.41) is 3.09. The molecule has 1 aliphatic rings. The number of halogens is 2. The van der Waals surface area contributed by atoms with Gasteiger partial charge in [-0.15, -0.1) is 0 Å². The second kappa shape index (κ2) is 6.48. The van der Waals surface area contributed by atoms with Crippen molar-refractivity contribution >= 4 is 11.8 Å². The molecular formula is C10H17F2N3O2. The Morgan fingerprint density at radius 2 is 2.06 bits per heavy atom. The molecule has 0 atom stereocenters. The second-order valence-electron chi connectivity index (χ2n) is 3.97. The summed E-state index contributed by atoms with van der Waals surface area (Å²) in [6, 6.07) is 0. The Morgan fingerprint density at radius 3 is 2.71 bits per heavy atom. The van der Waals surface area contributed by atoms with Gasteiger partial charge in [0.2, 0.25) is 0 Å². The van der Waals surface area contributed by atoms with Gasteiger partial charge in [-0.05, 0) is 13.0 Å². The predicted octanol–water partition coefficient (Wildman–Crippen LogP) is -0.468. The SMILES string of the molecule is CN(CC(F)F)C(=O)C(=O)N1CCCNCC1. The van der Waals surface area contributed by atoms with Crippen LogP contribution < -0.4 is 5.32 Å². The molecule has 0 aliphatic carbocycles. The van der Waals surface area contributed by atoms with E-state index in [4.69, 9.17) is 0 Å². The van der Waals surface area contributed by atoms with Gasteiger partial charge in [0, 0.05) is 26.7 Å². The first-order chi connectivity index (χ1) is 8.02. The maximum absolute atomic E-state index is 12.1. The number of alkyl halides is 2. The molecule has 0 aromatic carbocycles. The van der Waals surface area contributed by atoms with Crippen LogP contribution in [-0.2, 0) is 9.59 Å². The summed E-state index contributed by atoms with van der Waals surface area (Å²) in [5.74, 6) is -1.57. The number of amides is 2. The molecule has 7 heteroatoms. The molecule has 0 unspecified atom stereocenters. The largest absolute Gasteiger partial charge is 0.333 e. The first-order valence-corrected chi connectivity index (χ1v) is 5.55. The molecule has 1 N–H and O–H groups in total. The van der Waals surface area contributed by atoms with Gasteiger partial charge in [-0.1, -0.05) is 0 Å². The van der Waals surface area contributed by atoms with Crippen LogP contribution in [0.25, 0.3) is 0 Å². The average molecular weight is 249 g/mol. The van der Waals surface area contributed by atoms with E-state index >= 15 is 0 Å². The number of nitrogens with one attached hydrogen (secondary N) is 1. The first-order valence-electron chi connectivity index (χ1n) is 5.55. The van der Waals surface area contributed by atoms with E-state index in [1.54, 1.807) is 0 Å². The van der Waals surface area contributed by atoms with Crippen molar-refractivity contribution in [3.05, 3.63) is 0 Å². The Morgan fingerprint density at radius 1 is 1.35 bits per heavy atom. The Labute approximate surface area is 98.7 Å². The standard InChI is InChI=1S/C10H17F2N3O2/c1-14(7-8(11)12)9(16)10(17)15-5-2-3-13-4-6-15/h8,13H,2-7H2,1H3. The summed E-state index contributed by atoms with van der Waals surface area (Å²) in [4.78, 5) is 25.5. The summed E-state index contributed by atoms with van der Waals surface area (Å²) in [6.07, 6.45) is -1.86. The maximum Gasteiger partial charge on any atom is 0.312 e. The molecule has 1 fully saturated rings. The quantitative estimate of drug-likeness (QED) is 0.673. The molecule has 0 radical (unpaired) electrons. The van der Waals surface area contributed by atoms with Crippen LogP contribution in [0.15, 0.2) is 0 Å². The van der Waals surface area contributed by atoms with Crippen molar-refractivity contribution in [1.29, 1.82) is 0 Å². The zero-order valence-corrected chi connectivity index (χ0v) is 9.79. The highest BCUT2D eigenvalue weighted by Crippen LogP contribution is 2.01. The lowest BCUT2D eigenvalue weighted by Crippen LogP contribution is -2.46. The molecule has 2 amide bonds. The Hall–Kier alpha value is -1.24. The highest BCUT2D eigenvalue weighted by atomic mass is 19.3. The number of likely N-dealkylation sites (N-methyl/N-ethyl adjacent to an activating group) is 1. The van der Waals surface area contributed by atoms with E-state index in [0.29, 0.717) is 19.6 Å². The molecule has 5 nitrogen and oxygen atoms in total. The van der Waals surface area contributed by atoms with Crippen molar-refractivity contribution in [1.82, 2.24) is 15.1 Å². The van der Waals surface area contributed by atoms with Gasteiger partial charge in [0.15, 0.2) is 0 Å². The second-order valence-corrected chi connectivity index (χ2v) is 3.97. The summed E-state index contributed by atoms with van der Waals surface area (Å²) in [5.41, 5.74) is 0. The number of rotatable bonds is 2. The number of nitrogens with zero attached hydrogens (tertiary/aromatic N) is 2. The summed E-state index contributed by atoms with van der Waals surface area (Å²) >= 11 is 0.